The molecular weight excluding hydrogens is 188 g/mol. The van der Waals surface area contributed by atoms with Crippen LogP contribution in [0.15, 0.2) is 31.0 Å². The van der Waals surface area contributed by atoms with Crippen LogP contribution in [0.1, 0.15) is 12.0 Å². The van der Waals surface area contributed by atoms with Crippen LogP contribution in [-0.4, -0.2) is 21.1 Å². The van der Waals surface area contributed by atoms with E-state index < -0.39 is 0 Å². The summed E-state index contributed by atoms with van der Waals surface area (Å²) in [6.07, 6.45) is 4.74. The number of rotatable bonds is 4. The lowest BCUT2D eigenvalue weighted by Crippen LogP contribution is -2.01. The van der Waals surface area contributed by atoms with Crippen LogP contribution in [0.5, 0.6) is 0 Å². The van der Waals surface area contributed by atoms with Gasteiger partial charge < -0.3 is 5.32 Å². The van der Waals surface area contributed by atoms with E-state index in [1.807, 2.05) is 31.3 Å². The minimum absolute atomic E-state index is 0.669. The molecule has 0 bridgehead atoms. The quantitative estimate of drug-likeness (QED) is 0.609. The second-order valence-electron chi connectivity index (χ2n) is 3.45. The summed E-state index contributed by atoms with van der Waals surface area (Å²) in [7, 11) is 0. The highest BCUT2D eigenvalue weighted by Gasteiger charge is 2.01. The number of aromatic nitrogens is 3. The first kappa shape index (κ1) is 9.71. The molecule has 1 N–H and O–H groups in total. The third-order valence-electron chi connectivity index (χ3n) is 2.11. The van der Waals surface area contributed by atoms with E-state index in [0.29, 0.717) is 5.95 Å². The van der Waals surface area contributed by atoms with Crippen molar-refractivity contribution in [2.24, 2.45) is 0 Å². The third-order valence-corrected chi connectivity index (χ3v) is 2.11. The highest BCUT2D eigenvalue weighted by atomic mass is 15.3. The van der Waals surface area contributed by atoms with Crippen molar-refractivity contribution >= 4 is 11.6 Å². The molecule has 0 spiro atoms. The van der Waals surface area contributed by atoms with Crippen molar-refractivity contribution in [2.75, 3.05) is 11.9 Å². The van der Waals surface area contributed by atoms with Crippen LogP contribution in [0.4, 0.5) is 5.95 Å². The van der Waals surface area contributed by atoms with Crippen molar-refractivity contribution in [1.82, 2.24) is 14.6 Å². The largest absolute Gasteiger partial charge is 0.353 e. The lowest BCUT2D eigenvalue weighted by Gasteiger charge is -1.95. The van der Waals surface area contributed by atoms with Crippen LogP contribution < -0.4 is 5.32 Å². The second kappa shape index (κ2) is 4.13. The third kappa shape index (κ3) is 2.15. The molecule has 0 fully saturated rings. The van der Waals surface area contributed by atoms with Gasteiger partial charge in [-0.05, 0) is 25.0 Å². The van der Waals surface area contributed by atoms with E-state index in [1.165, 1.54) is 5.56 Å². The number of fused-ring (bicyclic) bond motifs is 1. The molecule has 15 heavy (non-hydrogen) atoms. The Morgan fingerprint density at radius 1 is 1.53 bits per heavy atom. The first-order chi connectivity index (χ1) is 7.29. The summed E-state index contributed by atoms with van der Waals surface area (Å²) in [6.45, 7) is 6.51. The zero-order valence-corrected chi connectivity index (χ0v) is 8.77. The Balaban J connectivity index is 2.19. The molecule has 2 aromatic rings. The van der Waals surface area contributed by atoms with Crippen LogP contribution >= 0.6 is 0 Å². The van der Waals surface area contributed by atoms with E-state index in [0.717, 1.165) is 18.6 Å². The van der Waals surface area contributed by atoms with Crippen molar-refractivity contribution in [3.8, 4) is 0 Å². The molecule has 2 heterocycles. The monoisotopic (exact) mass is 202 g/mol. The smallest absolute Gasteiger partial charge is 0.243 e. The Morgan fingerprint density at radius 3 is 3.20 bits per heavy atom. The molecule has 0 radical (unpaired) electrons. The van der Waals surface area contributed by atoms with Gasteiger partial charge in [-0.15, -0.1) is 11.7 Å². The molecule has 0 aliphatic rings. The van der Waals surface area contributed by atoms with Gasteiger partial charge in [0.2, 0.25) is 5.95 Å². The summed E-state index contributed by atoms with van der Waals surface area (Å²) in [5.74, 6) is 0.669. The van der Waals surface area contributed by atoms with Gasteiger partial charge in [0.15, 0.2) is 5.65 Å². The second-order valence-corrected chi connectivity index (χ2v) is 3.45. The Hall–Kier alpha value is -1.84. The first-order valence-electron chi connectivity index (χ1n) is 4.97. The van der Waals surface area contributed by atoms with E-state index in [9.17, 15) is 0 Å². The van der Waals surface area contributed by atoms with E-state index in [4.69, 9.17) is 0 Å². The molecule has 0 unspecified atom stereocenters. The van der Waals surface area contributed by atoms with Crippen molar-refractivity contribution < 1.29 is 0 Å². The highest BCUT2D eigenvalue weighted by Crippen LogP contribution is 2.06. The van der Waals surface area contributed by atoms with E-state index >= 15 is 0 Å². The summed E-state index contributed by atoms with van der Waals surface area (Å²) in [5.41, 5.74) is 2.03. The van der Waals surface area contributed by atoms with Crippen LogP contribution in [0.3, 0.4) is 0 Å². The molecule has 2 rings (SSSR count). The number of hydrogen-bond donors (Lipinski definition) is 1. The topological polar surface area (TPSA) is 42.2 Å². The standard InChI is InChI=1S/C11H14N4/c1-3-4-7-12-11-13-10-6-5-9(2)8-15(10)14-11/h3,5-6,8H,1,4,7H2,2H3,(H,12,14). The zero-order valence-electron chi connectivity index (χ0n) is 8.77. The van der Waals surface area contributed by atoms with Gasteiger partial charge in [0.25, 0.3) is 0 Å². The number of nitrogens with zero attached hydrogens (tertiary/aromatic N) is 3. The molecule has 4 heteroatoms. The lowest BCUT2D eigenvalue weighted by molar-refractivity contribution is 0.938. The van der Waals surface area contributed by atoms with Gasteiger partial charge in [0, 0.05) is 12.7 Å². The average Bonchev–Trinajstić information content (AvgIpc) is 2.60. The first-order valence-corrected chi connectivity index (χ1v) is 4.97. The fourth-order valence-electron chi connectivity index (χ4n) is 1.35. The molecule has 0 aromatic carbocycles. The van der Waals surface area contributed by atoms with Crippen LogP contribution in [-0.2, 0) is 0 Å². The van der Waals surface area contributed by atoms with E-state index in [1.54, 1.807) is 4.52 Å². The molecular formula is C11H14N4. The predicted molar refractivity (Wildman–Crippen MR) is 61.0 cm³/mol. The van der Waals surface area contributed by atoms with Crippen LogP contribution in [0.25, 0.3) is 5.65 Å². The normalized spacial score (nSPS) is 10.5. The minimum atomic E-state index is 0.669. The summed E-state index contributed by atoms with van der Waals surface area (Å²) in [5, 5.41) is 7.45. The summed E-state index contributed by atoms with van der Waals surface area (Å²) in [4.78, 5) is 4.33. The molecule has 0 amide bonds. The van der Waals surface area contributed by atoms with E-state index in [2.05, 4.69) is 22.0 Å². The van der Waals surface area contributed by atoms with Crippen molar-refractivity contribution in [1.29, 1.82) is 0 Å². The molecule has 0 aliphatic carbocycles. The van der Waals surface area contributed by atoms with Crippen molar-refractivity contribution in [2.45, 2.75) is 13.3 Å². The van der Waals surface area contributed by atoms with Gasteiger partial charge in [-0.3, -0.25) is 0 Å². The molecule has 0 aliphatic heterocycles. The number of anilines is 1. The maximum absolute atomic E-state index is 4.33. The van der Waals surface area contributed by atoms with Gasteiger partial charge in [-0.2, -0.15) is 4.98 Å². The van der Waals surface area contributed by atoms with Crippen LogP contribution in [0, 0.1) is 6.92 Å². The Labute approximate surface area is 88.6 Å². The maximum Gasteiger partial charge on any atom is 0.243 e. The SMILES string of the molecule is C=CCCNc1nc2ccc(C)cn2n1. The fraction of sp³-hybridized carbons (Fsp3) is 0.273. The number of hydrogen-bond acceptors (Lipinski definition) is 3. The maximum atomic E-state index is 4.33. The average molecular weight is 202 g/mol. The summed E-state index contributed by atoms with van der Waals surface area (Å²) in [6, 6.07) is 3.98. The fourth-order valence-corrected chi connectivity index (χ4v) is 1.35. The van der Waals surface area contributed by atoms with Crippen molar-refractivity contribution in [3.05, 3.63) is 36.5 Å². The van der Waals surface area contributed by atoms with Gasteiger partial charge in [-0.1, -0.05) is 12.1 Å². The predicted octanol–water partition coefficient (Wildman–Crippen LogP) is 2.03. The van der Waals surface area contributed by atoms with Gasteiger partial charge in [-0.25, -0.2) is 4.52 Å². The van der Waals surface area contributed by atoms with Crippen LogP contribution in [0.2, 0.25) is 0 Å². The molecule has 0 saturated carbocycles. The molecule has 4 nitrogen and oxygen atoms in total. The Bertz CT molecular complexity index is 472. The Morgan fingerprint density at radius 2 is 2.40 bits per heavy atom. The van der Waals surface area contributed by atoms with Gasteiger partial charge >= 0.3 is 0 Å². The number of aryl methyl sites for hydroxylation is 1. The van der Waals surface area contributed by atoms with Gasteiger partial charge in [0.05, 0.1) is 0 Å². The summed E-state index contributed by atoms with van der Waals surface area (Å²) >= 11 is 0. The zero-order chi connectivity index (χ0) is 10.7. The molecule has 78 valence electrons. The number of pyridine rings is 1. The number of nitrogens with one attached hydrogen (secondary N) is 1. The minimum Gasteiger partial charge on any atom is -0.353 e. The van der Waals surface area contributed by atoms with E-state index in [-0.39, 0.29) is 0 Å². The van der Waals surface area contributed by atoms with Crippen molar-refractivity contribution in [3.63, 3.8) is 0 Å². The molecule has 0 atom stereocenters. The lowest BCUT2D eigenvalue weighted by atomic mass is 10.3. The Kier molecular flexibility index (Phi) is 2.67. The molecule has 2 aromatic heterocycles. The molecule has 0 saturated heterocycles. The van der Waals surface area contributed by atoms with Gasteiger partial charge in [0.1, 0.15) is 0 Å². The summed E-state index contributed by atoms with van der Waals surface area (Å²) < 4.78 is 1.78. The highest BCUT2D eigenvalue weighted by molar-refractivity contribution is 5.44.